The van der Waals surface area contributed by atoms with Gasteiger partial charge in [-0.15, -0.1) is 0 Å². The smallest absolute Gasteiger partial charge is 0.344 e. The van der Waals surface area contributed by atoms with Crippen molar-refractivity contribution >= 4 is 27.9 Å². The molecule has 10 nitrogen and oxygen atoms in total. The van der Waals surface area contributed by atoms with E-state index in [0.29, 0.717) is 40.1 Å². The monoisotopic (exact) mass is 626 g/mol. The number of fused-ring (bicyclic) bond motifs is 3. The first kappa shape index (κ1) is 27.1. The van der Waals surface area contributed by atoms with Crippen molar-refractivity contribution in [1.29, 1.82) is 0 Å². The van der Waals surface area contributed by atoms with Gasteiger partial charge in [0.25, 0.3) is 0 Å². The molecule has 41 heavy (non-hydrogen) atoms. The number of ether oxygens (including phenoxy) is 8. The Kier molecular flexibility index (Phi) is 7.29. The minimum absolute atomic E-state index is 0.0630. The lowest BCUT2D eigenvalue weighted by Crippen LogP contribution is -2.37. The summed E-state index contributed by atoms with van der Waals surface area (Å²) in [4.78, 5) is 26.4. The standard InChI is InChI=1S/C30H27BrO10/c1-34-23-8-15(9-24(35-2)29(23)36-3)26-18-10-21-22(40-14-39-21)11-19(18)28(20-12-38-30(33)27(20)26)41-25(32)13-37-17-6-4-16(31)5-7-17/h4-11,20,26-28H,12-14H2,1-3H3/t20?,26-,27+,28+/m1/s1. The highest BCUT2D eigenvalue weighted by molar-refractivity contribution is 9.10. The fourth-order valence-electron chi connectivity index (χ4n) is 5.79. The molecule has 0 bridgehead atoms. The molecule has 1 aliphatic carbocycles. The molecule has 3 aromatic carbocycles. The lowest BCUT2D eigenvalue weighted by Gasteiger charge is -2.38. The van der Waals surface area contributed by atoms with Crippen LogP contribution in [0, 0.1) is 11.8 Å². The van der Waals surface area contributed by atoms with Crippen molar-refractivity contribution in [3.05, 3.63) is 69.7 Å². The molecule has 2 heterocycles. The maximum absolute atomic E-state index is 13.3. The number of halogens is 1. The molecule has 0 radical (unpaired) electrons. The normalized spacial score (nSPS) is 21.8. The number of hydrogen-bond donors (Lipinski definition) is 0. The van der Waals surface area contributed by atoms with Gasteiger partial charge in [-0.2, -0.15) is 0 Å². The van der Waals surface area contributed by atoms with Gasteiger partial charge in [-0.3, -0.25) is 4.79 Å². The maximum Gasteiger partial charge on any atom is 0.344 e. The van der Waals surface area contributed by atoms with E-state index in [0.717, 1.165) is 15.6 Å². The summed E-state index contributed by atoms with van der Waals surface area (Å²) in [5.74, 6) is 0.361. The number of cyclic esters (lactones) is 1. The summed E-state index contributed by atoms with van der Waals surface area (Å²) in [7, 11) is 4.60. The molecule has 0 spiro atoms. The molecule has 214 valence electrons. The Morgan fingerprint density at radius 1 is 0.902 bits per heavy atom. The molecule has 1 fully saturated rings. The zero-order valence-corrected chi connectivity index (χ0v) is 24.1. The van der Waals surface area contributed by atoms with Crippen molar-refractivity contribution < 1.29 is 47.5 Å². The third kappa shape index (κ3) is 4.88. The summed E-state index contributed by atoms with van der Waals surface area (Å²) in [6, 6.07) is 14.4. The molecule has 3 aromatic rings. The lowest BCUT2D eigenvalue weighted by molar-refractivity contribution is -0.156. The maximum atomic E-state index is 13.3. The van der Waals surface area contributed by atoms with Crippen molar-refractivity contribution in [3.63, 3.8) is 0 Å². The number of carbonyl (C=O) groups excluding carboxylic acids is 2. The quantitative estimate of drug-likeness (QED) is 0.323. The molecule has 0 saturated carbocycles. The Bertz CT molecular complexity index is 1460. The second-order valence-electron chi connectivity index (χ2n) is 9.74. The molecule has 0 N–H and O–H groups in total. The molecule has 4 atom stereocenters. The van der Waals surface area contributed by atoms with Gasteiger partial charge in [0.05, 0.1) is 33.9 Å². The Morgan fingerprint density at radius 3 is 2.20 bits per heavy atom. The van der Waals surface area contributed by atoms with Gasteiger partial charge in [0, 0.05) is 21.9 Å². The van der Waals surface area contributed by atoms with Crippen molar-refractivity contribution in [2.75, 3.05) is 41.3 Å². The van der Waals surface area contributed by atoms with Crippen LogP contribution in [0.15, 0.2) is 53.0 Å². The van der Waals surface area contributed by atoms with Crippen molar-refractivity contribution in [3.8, 4) is 34.5 Å². The van der Waals surface area contributed by atoms with Crippen LogP contribution in [0.5, 0.6) is 34.5 Å². The summed E-state index contributed by atoms with van der Waals surface area (Å²) < 4.78 is 46.2. The molecule has 2 aliphatic heterocycles. The van der Waals surface area contributed by atoms with E-state index in [-0.39, 0.29) is 26.0 Å². The van der Waals surface area contributed by atoms with Gasteiger partial charge in [-0.25, -0.2) is 4.79 Å². The fourth-order valence-corrected chi connectivity index (χ4v) is 6.06. The van der Waals surface area contributed by atoms with Crippen LogP contribution in [-0.2, 0) is 19.1 Å². The van der Waals surface area contributed by atoms with Crippen molar-refractivity contribution in [1.82, 2.24) is 0 Å². The van der Waals surface area contributed by atoms with Gasteiger partial charge < -0.3 is 37.9 Å². The van der Waals surface area contributed by atoms with Crippen LogP contribution in [0.1, 0.15) is 28.7 Å². The molecular weight excluding hydrogens is 600 g/mol. The predicted molar refractivity (Wildman–Crippen MR) is 147 cm³/mol. The van der Waals surface area contributed by atoms with Gasteiger partial charge in [0.2, 0.25) is 12.5 Å². The Labute approximate surface area is 244 Å². The van der Waals surface area contributed by atoms with E-state index in [4.69, 9.17) is 37.9 Å². The average Bonchev–Trinajstić information content (AvgIpc) is 3.61. The van der Waals surface area contributed by atoms with Crippen LogP contribution in [0.25, 0.3) is 0 Å². The highest BCUT2D eigenvalue weighted by atomic mass is 79.9. The predicted octanol–water partition coefficient (Wildman–Crippen LogP) is 4.80. The molecular formula is C30H27BrO10. The largest absolute Gasteiger partial charge is 0.493 e. The van der Waals surface area contributed by atoms with Crippen LogP contribution in [0.3, 0.4) is 0 Å². The van der Waals surface area contributed by atoms with Crippen molar-refractivity contribution in [2.24, 2.45) is 11.8 Å². The number of methoxy groups -OCH3 is 3. The Balaban J connectivity index is 1.41. The first-order chi connectivity index (χ1) is 19.9. The molecule has 0 aromatic heterocycles. The number of rotatable bonds is 8. The van der Waals surface area contributed by atoms with Crippen molar-refractivity contribution in [2.45, 2.75) is 12.0 Å². The Hall–Kier alpha value is -4.12. The van der Waals surface area contributed by atoms with Gasteiger partial charge in [-0.05, 0) is 59.7 Å². The summed E-state index contributed by atoms with van der Waals surface area (Å²) in [6.07, 6.45) is -0.782. The third-order valence-corrected chi connectivity index (χ3v) is 8.12. The lowest BCUT2D eigenvalue weighted by atomic mass is 9.66. The zero-order chi connectivity index (χ0) is 28.7. The van der Waals surface area contributed by atoms with Crippen LogP contribution in [0.4, 0.5) is 0 Å². The molecule has 0 amide bonds. The van der Waals surface area contributed by atoms with Crippen LogP contribution < -0.4 is 28.4 Å². The van der Waals surface area contributed by atoms with Crippen LogP contribution >= 0.6 is 15.9 Å². The fraction of sp³-hybridized carbons (Fsp3) is 0.333. The van der Waals surface area contributed by atoms with Gasteiger partial charge >= 0.3 is 11.9 Å². The minimum atomic E-state index is -0.782. The van der Waals surface area contributed by atoms with E-state index in [9.17, 15) is 9.59 Å². The Morgan fingerprint density at radius 2 is 1.56 bits per heavy atom. The van der Waals surface area contributed by atoms with Gasteiger partial charge in [0.15, 0.2) is 29.6 Å². The average molecular weight is 627 g/mol. The minimum Gasteiger partial charge on any atom is -0.493 e. The summed E-state index contributed by atoms with van der Waals surface area (Å²) in [5.41, 5.74) is 2.19. The summed E-state index contributed by atoms with van der Waals surface area (Å²) >= 11 is 3.38. The molecule has 1 saturated heterocycles. The first-order valence-corrected chi connectivity index (χ1v) is 13.7. The third-order valence-electron chi connectivity index (χ3n) is 7.59. The van der Waals surface area contributed by atoms with E-state index < -0.39 is 29.8 Å². The molecule has 1 unspecified atom stereocenters. The molecule has 11 heteroatoms. The second-order valence-corrected chi connectivity index (χ2v) is 10.7. The van der Waals surface area contributed by atoms with E-state index in [1.165, 1.54) is 21.3 Å². The van der Waals surface area contributed by atoms with Gasteiger partial charge in [-0.1, -0.05) is 15.9 Å². The van der Waals surface area contributed by atoms with Gasteiger partial charge in [0.1, 0.15) is 11.9 Å². The van der Waals surface area contributed by atoms with Crippen LogP contribution in [-0.4, -0.2) is 53.3 Å². The highest BCUT2D eigenvalue weighted by Crippen LogP contribution is 2.56. The second kappa shape index (κ2) is 11.0. The summed E-state index contributed by atoms with van der Waals surface area (Å²) in [6.45, 7) is -0.155. The van der Waals surface area contributed by atoms with E-state index >= 15 is 0 Å². The summed E-state index contributed by atoms with van der Waals surface area (Å²) in [5, 5.41) is 0. The van der Waals surface area contributed by atoms with E-state index in [1.54, 1.807) is 12.1 Å². The number of esters is 2. The van der Waals surface area contributed by atoms with E-state index in [2.05, 4.69) is 15.9 Å². The van der Waals surface area contributed by atoms with E-state index in [1.807, 2.05) is 36.4 Å². The topological polar surface area (TPSA) is 108 Å². The molecule has 3 aliphatic rings. The zero-order valence-electron chi connectivity index (χ0n) is 22.5. The number of benzene rings is 3. The number of carbonyl (C=O) groups is 2. The SMILES string of the molecule is COc1cc([C@@H]2c3cc4c(cc3[C@H](OC(=O)COc3ccc(Br)cc3)C3COC(=O)[C@@H]32)OCO4)cc(OC)c1OC. The highest BCUT2D eigenvalue weighted by Gasteiger charge is 2.54. The van der Waals surface area contributed by atoms with Crippen LogP contribution in [0.2, 0.25) is 0 Å². The number of hydrogen-bond acceptors (Lipinski definition) is 10. The first-order valence-electron chi connectivity index (χ1n) is 12.9. The molecule has 6 rings (SSSR count).